The molecule has 0 radical (unpaired) electrons. The molecule has 0 saturated carbocycles. The summed E-state index contributed by atoms with van der Waals surface area (Å²) < 4.78 is 42.2. The molecule has 0 spiro atoms. The SMILES string of the molecule is CC(CCCO)NC(=O)COc1ccc(C(F)(F)F)cc1. The topological polar surface area (TPSA) is 58.6 Å². The third kappa shape index (κ3) is 6.48. The Kier molecular flexibility index (Phi) is 6.48. The average molecular weight is 305 g/mol. The van der Waals surface area contributed by atoms with Crippen LogP contribution >= 0.6 is 0 Å². The zero-order valence-corrected chi connectivity index (χ0v) is 11.6. The molecule has 1 amide bonds. The number of hydrogen-bond acceptors (Lipinski definition) is 3. The maximum Gasteiger partial charge on any atom is 0.416 e. The molecule has 118 valence electrons. The van der Waals surface area contributed by atoms with E-state index in [1.54, 1.807) is 6.92 Å². The lowest BCUT2D eigenvalue weighted by atomic mass is 10.2. The maximum atomic E-state index is 12.4. The Hall–Kier alpha value is -1.76. The van der Waals surface area contributed by atoms with Gasteiger partial charge in [0.15, 0.2) is 6.61 Å². The van der Waals surface area contributed by atoms with Crippen molar-refractivity contribution in [3.8, 4) is 5.75 Å². The summed E-state index contributed by atoms with van der Waals surface area (Å²) in [7, 11) is 0. The zero-order chi connectivity index (χ0) is 15.9. The van der Waals surface area contributed by atoms with Crippen molar-refractivity contribution in [1.82, 2.24) is 5.32 Å². The summed E-state index contributed by atoms with van der Waals surface area (Å²) in [6.07, 6.45) is -3.16. The molecule has 1 aromatic carbocycles. The largest absolute Gasteiger partial charge is 0.484 e. The number of aliphatic hydroxyl groups excluding tert-OH is 1. The summed E-state index contributed by atoms with van der Waals surface area (Å²) in [6.45, 7) is 1.59. The molecule has 21 heavy (non-hydrogen) atoms. The van der Waals surface area contributed by atoms with Gasteiger partial charge in [-0.05, 0) is 44.0 Å². The number of carbonyl (C=O) groups excluding carboxylic acids is 1. The molecule has 1 unspecified atom stereocenters. The van der Waals surface area contributed by atoms with Crippen LogP contribution in [-0.4, -0.2) is 30.3 Å². The molecule has 2 N–H and O–H groups in total. The van der Waals surface area contributed by atoms with Crippen LogP contribution in [0.3, 0.4) is 0 Å². The van der Waals surface area contributed by atoms with Gasteiger partial charge < -0.3 is 15.2 Å². The van der Waals surface area contributed by atoms with Crippen LogP contribution in [0.2, 0.25) is 0 Å². The van der Waals surface area contributed by atoms with Crippen LogP contribution in [0.4, 0.5) is 13.2 Å². The predicted molar refractivity (Wildman–Crippen MR) is 70.9 cm³/mol. The fraction of sp³-hybridized carbons (Fsp3) is 0.500. The van der Waals surface area contributed by atoms with Gasteiger partial charge >= 0.3 is 6.18 Å². The number of rotatable bonds is 7. The number of hydrogen-bond donors (Lipinski definition) is 2. The molecule has 0 heterocycles. The lowest BCUT2D eigenvalue weighted by Gasteiger charge is -2.14. The third-order valence-corrected chi connectivity index (χ3v) is 2.75. The van der Waals surface area contributed by atoms with Crippen molar-refractivity contribution >= 4 is 5.91 Å². The summed E-state index contributed by atoms with van der Waals surface area (Å²) in [5, 5.41) is 11.3. The molecule has 0 bridgehead atoms. The Labute approximate surface area is 120 Å². The van der Waals surface area contributed by atoms with Gasteiger partial charge in [0.2, 0.25) is 0 Å². The van der Waals surface area contributed by atoms with E-state index in [2.05, 4.69) is 5.32 Å². The van der Waals surface area contributed by atoms with Gasteiger partial charge in [0.25, 0.3) is 5.91 Å². The number of halogens is 3. The molecule has 0 saturated heterocycles. The van der Waals surface area contributed by atoms with Crippen LogP contribution < -0.4 is 10.1 Å². The molecular weight excluding hydrogens is 287 g/mol. The van der Waals surface area contributed by atoms with Crippen molar-refractivity contribution in [1.29, 1.82) is 0 Å². The number of amides is 1. The number of alkyl halides is 3. The fourth-order valence-electron chi connectivity index (χ4n) is 1.68. The van der Waals surface area contributed by atoms with E-state index in [-0.39, 0.29) is 30.9 Å². The minimum absolute atomic E-state index is 0.0578. The van der Waals surface area contributed by atoms with Crippen molar-refractivity contribution in [2.75, 3.05) is 13.2 Å². The number of aliphatic hydroxyl groups is 1. The Morgan fingerprint density at radius 3 is 2.48 bits per heavy atom. The van der Waals surface area contributed by atoms with E-state index < -0.39 is 11.7 Å². The second kappa shape index (κ2) is 7.87. The smallest absolute Gasteiger partial charge is 0.416 e. The summed E-state index contributed by atoms with van der Waals surface area (Å²) in [4.78, 5) is 11.5. The third-order valence-electron chi connectivity index (χ3n) is 2.75. The summed E-state index contributed by atoms with van der Waals surface area (Å²) in [5.74, 6) is -0.165. The van der Waals surface area contributed by atoms with E-state index in [1.165, 1.54) is 12.1 Å². The van der Waals surface area contributed by atoms with Crippen molar-refractivity contribution in [3.05, 3.63) is 29.8 Å². The lowest BCUT2D eigenvalue weighted by molar-refractivity contribution is -0.137. The Bertz CT molecular complexity index is 446. The Morgan fingerprint density at radius 1 is 1.33 bits per heavy atom. The van der Waals surface area contributed by atoms with Gasteiger partial charge in [-0.1, -0.05) is 0 Å². The average Bonchev–Trinajstić information content (AvgIpc) is 2.42. The normalized spacial score (nSPS) is 12.8. The molecule has 7 heteroatoms. The standard InChI is InChI=1S/C14H18F3NO3/c1-10(3-2-8-19)18-13(20)9-21-12-6-4-11(5-7-12)14(15,16)17/h4-7,10,19H,2-3,8-9H2,1H3,(H,18,20). The highest BCUT2D eigenvalue weighted by molar-refractivity contribution is 5.77. The minimum atomic E-state index is -4.39. The molecular formula is C14H18F3NO3. The van der Waals surface area contributed by atoms with Gasteiger partial charge in [-0.2, -0.15) is 13.2 Å². The van der Waals surface area contributed by atoms with Crippen LogP contribution in [0.5, 0.6) is 5.75 Å². The van der Waals surface area contributed by atoms with E-state index in [1.807, 2.05) is 0 Å². The maximum absolute atomic E-state index is 12.4. The highest BCUT2D eigenvalue weighted by atomic mass is 19.4. The number of ether oxygens (including phenoxy) is 1. The summed E-state index contributed by atoms with van der Waals surface area (Å²) in [5.41, 5.74) is -0.767. The summed E-state index contributed by atoms with van der Waals surface area (Å²) >= 11 is 0. The fourth-order valence-corrected chi connectivity index (χ4v) is 1.68. The monoisotopic (exact) mass is 305 g/mol. The van der Waals surface area contributed by atoms with E-state index in [0.717, 1.165) is 12.1 Å². The molecule has 0 aliphatic rings. The number of nitrogens with one attached hydrogen (secondary N) is 1. The molecule has 4 nitrogen and oxygen atoms in total. The van der Waals surface area contributed by atoms with Crippen molar-refractivity contribution in [3.63, 3.8) is 0 Å². The van der Waals surface area contributed by atoms with Crippen LogP contribution in [0, 0.1) is 0 Å². The second-order valence-corrected chi connectivity index (χ2v) is 4.65. The Morgan fingerprint density at radius 2 is 1.95 bits per heavy atom. The first-order chi connectivity index (χ1) is 9.82. The van der Waals surface area contributed by atoms with Crippen molar-refractivity contribution in [2.24, 2.45) is 0 Å². The molecule has 0 aliphatic heterocycles. The summed E-state index contributed by atoms with van der Waals surface area (Å²) in [6, 6.07) is 4.05. The highest BCUT2D eigenvalue weighted by Gasteiger charge is 2.30. The number of carbonyl (C=O) groups is 1. The molecule has 1 aromatic rings. The second-order valence-electron chi connectivity index (χ2n) is 4.65. The van der Waals surface area contributed by atoms with Crippen LogP contribution in [-0.2, 0) is 11.0 Å². The van der Waals surface area contributed by atoms with Crippen LogP contribution in [0.1, 0.15) is 25.3 Å². The first-order valence-electron chi connectivity index (χ1n) is 6.53. The molecule has 0 aromatic heterocycles. The molecule has 0 fully saturated rings. The molecule has 0 aliphatic carbocycles. The van der Waals surface area contributed by atoms with Gasteiger partial charge in [0, 0.05) is 12.6 Å². The molecule has 1 atom stereocenters. The van der Waals surface area contributed by atoms with Gasteiger partial charge in [-0.15, -0.1) is 0 Å². The van der Waals surface area contributed by atoms with E-state index in [0.29, 0.717) is 12.8 Å². The quantitative estimate of drug-likeness (QED) is 0.813. The lowest BCUT2D eigenvalue weighted by Crippen LogP contribution is -2.36. The van der Waals surface area contributed by atoms with E-state index in [4.69, 9.17) is 9.84 Å². The minimum Gasteiger partial charge on any atom is -0.484 e. The van der Waals surface area contributed by atoms with Gasteiger partial charge in [-0.25, -0.2) is 0 Å². The first-order valence-corrected chi connectivity index (χ1v) is 6.53. The van der Waals surface area contributed by atoms with Gasteiger partial charge in [0.05, 0.1) is 5.56 Å². The molecule has 1 rings (SSSR count). The van der Waals surface area contributed by atoms with Gasteiger partial charge in [-0.3, -0.25) is 4.79 Å². The highest BCUT2D eigenvalue weighted by Crippen LogP contribution is 2.30. The zero-order valence-electron chi connectivity index (χ0n) is 11.6. The first kappa shape index (κ1) is 17.3. The van der Waals surface area contributed by atoms with Gasteiger partial charge in [0.1, 0.15) is 5.75 Å². The van der Waals surface area contributed by atoms with E-state index >= 15 is 0 Å². The van der Waals surface area contributed by atoms with Crippen molar-refractivity contribution in [2.45, 2.75) is 32.0 Å². The predicted octanol–water partition coefficient (Wildman–Crippen LogP) is 2.36. The van der Waals surface area contributed by atoms with Crippen LogP contribution in [0.15, 0.2) is 24.3 Å². The van der Waals surface area contributed by atoms with E-state index in [9.17, 15) is 18.0 Å². The van der Waals surface area contributed by atoms with Crippen LogP contribution in [0.25, 0.3) is 0 Å². The van der Waals surface area contributed by atoms with Crippen molar-refractivity contribution < 1.29 is 27.8 Å². The number of benzene rings is 1. The Balaban J connectivity index is 2.39.